The molecule has 1 saturated carbocycles. The highest BCUT2D eigenvalue weighted by molar-refractivity contribution is 5.83. The standard InChI is InChI=1S/C24H30N2O/c1-18(19-11-13-21(14-12-19)20-7-3-2-4-8-20)24(27)25-22-15-16-26(17-22)23-9-5-6-10-23/h2-4,7-8,11-14,18,22-23H,5-6,9-10,15-17H2,1H3,(H,25,27). The predicted octanol–water partition coefficient (Wildman–Crippen LogP) is 4.59. The van der Waals surface area contributed by atoms with Crippen molar-refractivity contribution in [2.75, 3.05) is 13.1 Å². The molecule has 2 unspecified atom stereocenters. The van der Waals surface area contributed by atoms with Crippen LogP contribution in [0.3, 0.4) is 0 Å². The molecule has 2 aromatic carbocycles. The van der Waals surface area contributed by atoms with Crippen molar-refractivity contribution in [3.8, 4) is 11.1 Å². The molecule has 3 heteroatoms. The molecular weight excluding hydrogens is 332 g/mol. The van der Waals surface area contributed by atoms with Gasteiger partial charge in [0.2, 0.25) is 5.91 Å². The Kier molecular flexibility index (Phi) is 5.58. The van der Waals surface area contributed by atoms with Gasteiger partial charge in [0.05, 0.1) is 5.92 Å². The summed E-state index contributed by atoms with van der Waals surface area (Å²) in [7, 11) is 0. The molecule has 2 aromatic rings. The van der Waals surface area contributed by atoms with Crippen LogP contribution >= 0.6 is 0 Å². The largest absolute Gasteiger partial charge is 0.352 e. The number of hydrogen-bond acceptors (Lipinski definition) is 2. The average Bonchev–Trinajstić information content (AvgIpc) is 3.40. The van der Waals surface area contributed by atoms with E-state index in [-0.39, 0.29) is 11.8 Å². The third-order valence-electron chi connectivity index (χ3n) is 6.32. The quantitative estimate of drug-likeness (QED) is 0.844. The van der Waals surface area contributed by atoms with Crippen LogP contribution in [-0.2, 0) is 4.79 Å². The van der Waals surface area contributed by atoms with Crippen molar-refractivity contribution >= 4 is 5.91 Å². The van der Waals surface area contributed by atoms with Crippen LogP contribution < -0.4 is 5.32 Å². The highest BCUT2D eigenvalue weighted by Gasteiger charge is 2.31. The Balaban J connectivity index is 1.33. The Hall–Kier alpha value is -2.13. The molecule has 0 bridgehead atoms. The second-order valence-corrected chi connectivity index (χ2v) is 8.14. The number of amides is 1. The van der Waals surface area contributed by atoms with E-state index in [9.17, 15) is 4.79 Å². The van der Waals surface area contributed by atoms with Crippen molar-refractivity contribution in [2.45, 2.75) is 57.0 Å². The van der Waals surface area contributed by atoms with Crippen LogP contribution in [0.4, 0.5) is 0 Å². The Bertz CT molecular complexity index is 750. The number of likely N-dealkylation sites (tertiary alicyclic amines) is 1. The van der Waals surface area contributed by atoms with Gasteiger partial charge in [-0.1, -0.05) is 67.4 Å². The van der Waals surface area contributed by atoms with Gasteiger partial charge in [0.15, 0.2) is 0 Å². The molecule has 0 spiro atoms. The van der Waals surface area contributed by atoms with Crippen LogP contribution in [0.2, 0.25) is 0 Å². The number of nitrogens with one attached hydrogen (secondary N) is 1. The molecule has 1 aliphatic heterocycles. The topological polar surface area (TPSA) is 32.3 Å². The Labute approximate surface area is 162 Å². The summed E-state index contributed by atoms with van der Waals surface area (Å²) in [6.45, 7) is 4.17. The van der Waals surface area contributed by atoms with Gasteiger partial charge < -0.3 is 5.32 Å². The van der Waals surface area contributed by atoms with Gasteiger partial charge in [0, 0.05) is 25.2 Å². The first-order valence-electron chi connectivity index (χ1n) is 10.4. The number of hydrogen-bond donors (Lipinski definition) is 1. The van der Waals surface area contributed by atoms with E-state index >= 15 is 0 Å². The summed E-state index contributed by atoms with van der Waals surface area (Å²) in [5.74, 6) is 0.0380. The summed E-state index contributed by atoms with van der Waals surface area (Å²) in [6.07, 6.45) is 6.50. The zero-order valence-corrected chi connectivity index (χ0v) is 16.2. The number of carbonyl (C=O) groups excluding carboxylic acids is 1. The summed E-state index contributed by atoms with van der Waals surface area (Å²) in [6, 6.07) is 19.8. The minimum atomic E-state index is -0.115. The molecule has 2 aliphatic rings. The van der Waals surface area contributed by atoms with E-state index in [1.54, 1.807) is 0 Å². The molecule has 0 radical (unpaired) electrons. The number of nitrogens with zero attached hydrogens (tertiary/aromatic N) is 1. The summed E-state index contributed by atoms with van der Waals surface area (Å²) in [4.78, 5) is 15.3. The average molecular weight is 363 g/mol. The van der Waals surface area contributed by atoms with E-state index in [4.69, 9.17) is 0 Å². The molecule has 2 atom stereocenters. The predicted molar refractivity (Wildman–Crippen MR) is 111 cm³/mol. The fourth-order valence-corrected chi connectivity index (χ4v) is 4.58. The van der Waals surface area contributed by atoms with Crippen LogP contribution in [0.15, 0.2) is 54.6 Å². The highest BCUT2D eigenvalue weighted by Crippen LogP contribution is 2.27. The SMILES string of the molecule is CC(C(=O)NC1CCN(C2CCCC2)C1)c1ccc(-c2ccccc2)cc1. The molecule has 4 rings (SSSR count). The third kappa shape index (κ3) is 4.24. The molecule has 1 saturated heterocycles. The third-order valence-corrected chi connectivity index (χ3v) is 6.32. The van der Waals surface area contributed by atoms with Crippen molar-refractivity contribution in [1.82, 2.24) is 10.2 Å². The van der Waals surface area contributed by atoms with Crippen molar-refractivity contribution in [3.05, 3.63) is 60.2 Å². The fourth-order valence-electron chi connectivity index (χ4n) is 4.58. The van der Waals surface area contributed by atoms with Crippen molar-refractivity contribution in [1.29, 1.82) is 0 Å². The van der Waals surface area contributed by atoms with Crippen LogP contribution in [-0.4, -0.2) is 36.0 Å². The van der Waals surface area contributed by atoms with Crippen LogP contribution in [0.1, 0.15) is 50.5 Å². The lowest BCUT2D eigenvalue weighted by atomic mass is 9.96. The highest BCUT2D eigenvalue weighted by atomic mass is 16.1. The molecular formula is C24H30N2O. The van der Waals surface area contributed by atoms with Gasteiger partial charge in [-0.3, -0.25) is 9.69 Å². The lowest BCUT2D eigenvalue weighted by Gasteiger charge is -2.24. The first-order chi connectivity index (χ1) is 13.2. The molecule has 27 heavy (non-hydrogen) atoms. The van der Waals surface area contributed by atoms with Crippen LogP contribution in [0, 0.1) is 0 Å². The molecule has 142 valence electrons. The summed E-state index contributed by atoms with van der Waals surface area (Å²) < 4.78 is 0. The van der Waals surface area contributed by atoms with E-state index < -0.39 is 0 Å². The summed E-state index contributed by atoms with van der Waals surface area (Å²) >= 11 is 0. The van der Waals surface area contributed by atoms with E-state index in [2.05, 4.69) is 58.7 Å². The van der Waals surface area contributed by atoms with Gasteiger partial charge >= 0.3 is 0 Å². The van der Waals surface area contributed by atoms with Gasteiger partial charge in [0.25, 0.3) is 0 Å². The van der Waals surface area contributed by atoms with Crippen LogP contribution in [0.5, 0.6) is 0 Å². The van der Waals surface area contributed by atoms with Crippen LogP contribution in [0.25, 0.3) is 11.1 Å². The summed E-state index contributed by atoms with van der Waals surface area (Å²) in [5.41, 5.74) is 3.48. The molecule has 3 nitrogen and oxygen atoms in total. The summed E-state index contributed by atoms with van der Waals surface area (Å²) in [5, 5.41) is 3.30. The van der Waals surface area contributed by atoms with Gasteiger partial charge in [-0.05, 0) is 42.9 Å². The zero-order chi connectivity index (χ0) is 18.6. The second kappa shape index (κ2) is 8.26. The van der Waals surface area contributed by atoms with Crippen molar-refractivity contribution in [3.63, 3.8) is 0 Å². The Morgan fingerprint density at radius 2 is 1.63 bits per heavy atom. The number of benzene rings is 2. The molecule has 1 N–H and O–H groups in total. The van der Waals surface area contributed by atoms with Crippen molar-refractivity contribution < 1.29 is 4.79 Å². The smallest absolute Gasteiger partial charge is 0.227 e. The minimum absolute atomic E-state index is 0.115. The molecule has 0 aromatic heterocycles. The second-order valence-electron chi connectivity index (χ2n) is 8.14. The van der Waals surface area contributed by atoms with Crippen molar-refractivity contribution in [2.24, 2.45) is 0 Å². The van der Waals surface area contributed by atoms with E-state index in [0.29, 0.717) is 6.04 Å². The van der Waals surface area contributed by atoms with E-state index in [1.807, 2.05) is 13.0 Å². The lowest BCUT2D eigenvalue weighted by molar-refractivity contribution is -0.122. The first kappa shape index (κ1) is 18.2. The molecule has 1 heterocycles. The maximum Gasteiger partial charge on any atom is 0.227 e. The first-order valence-corrected chi connectivity index (χ1v) is 10.4. The number of carbonyl (C=O) groups is 1. The fraction of sp³-hybridized carbons (Fsp3) is 0.458. The maximum absolute atomic E-state index is 12.8. The van der Waals surface area contributed by atoms with E-state index in [0.717, 1.165) is 31.1 Å². The van der Waals surface area contributed by atoms with Gasteiger partial charge in [-0.2, -0.15) is 0 Å². The zero-order valence-electron chi connectivity index (χ0n) is 16.2. The molecule has 2 fully saturated rings. The molecule has 1 amide bonds. The van der Waals surface area contributed by atoms with E-state index in [1.165, 1.54) is 36.8 Å². The Morgan fingerprint density at radius 3 is 2.33 bits per heavy atom. The minimum Gasteiger partial charge on any atom is -0.352 e. The lowest BCUT2D eigenvalue weighted by Crippen LogP contribution is -2.40. The number of rotatable bonds is 5. The van der Waals surface area contributed by atoms with Gasteiger partial charge in [-0.25, -0.2) is 0 Å². The Morgan fingerprint density at radius 1 is 0.963 bits per heavy atom. The normalized spacial score (nSPS) is 22.0. The molecule has 1 aliphatic carbocycles. The monoisotopic (exact) mass is 362 g/mol. The van der Waals surface area contributed by atoms with Gasteiger partial charge in [-0.15, -0.1) is 0 Å². The van der Waals surface area contributed by atoms with Gasteiger partial charge in [0.1, 0.15) is 0 Å². The maximum atomic E-state index is 12.8.